The zero-order chi connectivity index (χ0) is 18.5. The molecule has 0 bridgehead atoms. The Balaban J connectivity index is 1.75. The Morgan fingerprint density at radius 3 is 2.16 bits per heavy atom. The average molecular weight is 364 g/mol. The van der Waals surface area contributed by atoms with Crippen LogP contribution in [0.15, 0.2) is 24.3 Å². The second kappa shape index (κ2) is 5.83. The van der Waals surface area contributed by atoms with Gasteiger partial charge in [-0.3, -0.25) is 9.69 Å². The molecule has 2 aliphatic heterocycles. The van der Waals surface area contributed by atoms with E-state index in [-0.39, 0.29) is 42.2 Å². The molecule has 25 heavy (non-hydrogen) atoms. The molecule has 0 unspecified atom stereocenters. The minimum absolute atomic E-state index is 0.0387. The Kier molecular flexibility index (Phi) is 4.18. The first kappa shape index (κ1) is 17.9. The largest absolute Gasteiger partial charge is 0.325 e. The Bertz CT molecular complexity index is 792. The zero-order valence-corrected chi connectivity index (χ0v) is 15.6. The molecule has 2 fully saturated rings. The number of hydrogen-bond acceptors (Lipinski definition) is 4. The number of amides is 3. The SMILES string of the molecule is CC(C)(C)c1ccc(CN2C(=O)NC3(CCS(=O)(=O)CC3)C2=O)cc1. The van der Waals surface area contributed by atoms with E-state index >= 15 is 0 Å². The number of hydrogen-bond donors (Lipinski definition) is 1. The summed E-state index contributed by atoms with van der Waals surface area (Å²) >= 11 is 0. The van der Waals surface area contributed by atoms with Crippen LogP contribution in [0.1, 0.15) is 44.7 Å². The van der Waals surface area contributed by atoms with Gasteiger partial charge in [-0.2, -0.15) is 0 Å². The maximum absolute atomic E-state index is 12.8. The highest BCUT2D eigenvalue weighted by atomic mass is 32.2. The van der Waals surface area contributed by atoms with Crippen molar-refractivity contribution in [3.63, 3.8) is 0 Å². The number of carbonyl (C=O) groups excluding carboxylic acids is 2. The summed E-state index contributed by atoms with van der Waals surface area (Å²) in [5, 5.41) is 2.74. The second-order valence-electron chi connectivity index (χ2n) is 8.00. The first-order valence-electron chi connectivity index (χ1n) is 8.46. The highest BCUT2D eigenvalue weighted by Crippen LogP contribution is 2.31. The molecular weight excluding hydrogens is 340 g/mol. The van der Waals surface area contributed by atoms with Crippen LogP contribution in [0.2, 0.25) is 0 Å². The number of nitrogens with one attached hydrogen (secondary N) is 1. The van der Waals surface area contributed by atoms with Crippen molar-refractivity contribution in [3.05, 3.63) is 35.4 Å². The van der Waals surface area contributed by atoms with Crippen LogP contribution in [-0.2, 0) is 26.6 Å². The number of carbonyl (C=O) groups is 2. The fourth-order valence-electron chi connectivity index (χ4n) is 3.34. The number of benzene rings is 1. The monoisotopic (exact) mass is 364 g/mol. The van der Waals surface area contributed by atoms with Crippen LogP contribution < -0.4 is 5.32 Å². The lowest BCUT2D eigenvalue weighted by atomic mass is 9.86. The van der Waals surface area contributed by atoms with E-state index in [1.54, 1.807) is 0 Å². The number of sulfone groups is 1. The minimum atomic E-state index is -3.10. The quantitative estimate of drug-likeness (QED) is 0.814. The second-order valence-corrected chi connectivity index (χ2v) is 10.3. The van der Waals surface area contributed by atoms with E-state index in [9.17, 15) is 18.0 Å². The number of rotatable bonds is 2. The van der Waals surface area contributed by atoms with E-state index in [0.29, 0.717) is 0 Å². The molecule has 2 saturated heterocycles. The molecule has 6 nitrogen and oxygen atoms in total. The summed E-state index contributed by atoms with van der Waals surface area (Å²) < 4.78 is 23.3. The normalized spacial score (nSPS) is 22.3. The first-order valence-corrected chi connectivity index (χ1v) is 10.3. The summed E-state index contributed by atoms with van der Waals surface area (Å²) in [6.45, 7) is 6.57. The third-order valence-electron chi connectivity index (χ3n) is 5.09. The average Bonchev–Trinajstić information content (AvgIpc) is 2.75. The molecule has 0 aliphatic carbocycles. The molecule has 0 aromatic heterocycles. The van der Waals surface area contributed by atoms with Crippen molar-refractivity contribution in [2.45, 2.75) is 51.1 Å². The van der Waals surface area contributed by atoms with Crippen LogP contribution in [0, 0.1) is 0 Å². The van der Waals surface area contributed by atoms with Crippen molar-refractivity contribution in [3.8, 4) is 0 Å². The number of nitrogens with zero attached hydrogens (tertiary/aromatic N) is 1. The molecule has 0 atom stereocenters. The summed E-state index contributed by atoms with van der Waals surface area (Å²) in [5.41, 5.74) is 1.05. The summed E-state index contributed by atoms with van der Waals surface area (Å²) in [7, 11) is -3.10. The summed E-state index contributed by atoms with van der Waals surface area (Å²) in [4.78, 5) is 26.3. The third-order valence-corrected chi connectivity index (χ3v) is 6.74. The van der Waals surface area contributed by atoms with Crippen molar-refractivity contribution < 1.29 is 18.0 Å². The zero-order valence-electron chi connectivity index (χ0n) is 14.8. The van der Waals surface area contributed by atoms with Crippen LogP contribution in [0.25, 0.3) is 0 Å². The molecule has 1 spiro atoms. The Morgan fingerprint density at radius 1 is 1.08 bits per heavy atom. The highest BCUT2D eigenvalue weighted by Gasteiger charge is 2.53. The van der Waals surface area contributed by atoms with E-state index in [2.05, 4.69) is 26.1 Å². The van der Waals surface area contributed by atoms with Gasteiger partial charge in [0.05, 0.1) is 18.1 Å². The molecule has 3 amide bonds. The Morgan fingerprint density at radius 2 is 1.64 bits per heavy atom. The fraction of sp³-hybridized carbons (Fsp3) is 0.556. The number of imide groups is 1. The smallest absolute Gasteiger partial charge is 0.323 e. The van der Waals surface area contributed by atoms with Gasteiger partial charge in [0.2, 0.25) is 0 Å². The van der Waals surface area contributed by atoms with Gasteiger partial charge < -0.3 is 5.32 Å². The molecule has 1 aromatic rings. The highest BCUT2D eigenvalue weighted by molar-refractivity contribution is 7.91. The maximum Gasteiger partial charge on any atom is 0.325 e. The van der Waals surface area contributed by atoms with Gasteiger partial charge in [-0.05, 0) is 29.4 Å². The molecule has 0 saturated carbocycles. The predicted octanol–water partition coefficient (Wildman–Crippen LogP) is 1.98. The van der Waals surface area contributed by atoms with Crippen molar-refractivity contribution in [2.75, 3.05) is 11.5 Å². The predicted molar refractivity (Wildman–Crippen MR) is 94.8 cm³/mol. The standard InChI is InChI=1S/C18H24N2O4S/c1-17(2,3)14-6-4-13(5-7-14)12-20-15(21)18(19-16(20)22)8-10-25(23,24)11-9-18/h4-7H,8-12H2,1-3H3,(H,19,22). The lowest BCUT2D eigenvalue weighted by molar-refractivity contribution is -0.132. The van der Waals surface area contributed by atoms with Crippen molar-refractivity contribution in [1.29, 1.82) is 0 Å². The van der Waals surface area contributed by atoms with Gasteiger partial charge in [-0.15, -0.1) is 0 Å². The van der Waals surface area contributed by atoms with Gasteiger partial charge in [0.25, 0.3) is 5.91 Å². The molecule has 2 heterocycles. The molecular formula is C18H24N2O4S. The summed E-state index contributed by atoms with van der Waals surface area (Å²) in [5.74, 6) is -0.437. The van der Waals surface area contributed by atoms with Crippen LogP contribution in [0.5, 0.6) is 0 Å². The van der Waals surface area contributed by atoms with Gasteiger partial charge in [0.15, 0.2) is 9.84 Å². The van der Waals surface area contributed by atoms with Crippen LogP contribution in [0.3, 0.4) is 0 Å². The third kappa shape index (κ3) is 3.42. The van der Waals surface area contributed by atoms with Gasteiger partial charge >= 0.3 is 6.03 Å². The molecule has 0 radical (unpaired) electrons. The van der Waals surface area contributed by atoms with Crippen molar-refractivity contribution >= 4 is 21.8 Å². The van der Waals surface area contributed by atoms with Crippen molar-refractivity contribution in [1.82, 2.24) is 10.2 Å². The molecule has 7 heteroatoms. The molecule has 2 aliphatic rings. The van der Waals surface area contributed by atoms with E-state index in [1.165, 1.54) is 10.5 Å². The van der Waals surface area contributed by atoms with E-state index in [0.717, 1.165) is 5.56 Å². The molecule has 3 rings (SSSR count). The maximum atomic E-state index is 12.8. The Hall–Kier alpha value is -1.89. The first-order chi connectivity index (χ1) is 11.5. The van der Waals surface area contributed by atoms with Crippen LogP contribution in [-0.4, -0.2) is 42.3 Å². The summed E-state index contributed by atoms with van der Waals surface area (Å²) in [6, 6.07) is 7.44. The number of urea groups is 1. The minimum Gasteiger partial charge on any atom is -0.323 e. The van der Waals surface area contributed by atoms with Gasteiger partial charge in [0.1, 0.15) is 5.54 Å². The van der Waals surface area contributed by atoms with E-state index in [4.69, 9.17) is 0 Å². The van der Waals surface area contributed by atoms with Gasteiger partial charge in [-0.1, -0.05) is 45.0 Å². The lowest BCUT2D eigenvalue weighted by Gasteiger charge is -2.30. The van der Waals surface area contributed by atoms with E-state index in [1.807, 2.05) is 24.3 Å². The van der Waals surface area contributed by atoms with E-state index < -0.39 is 21.4 Å². The Labute approximate surface area is 148 Å². The van der Waals surface area contributed by atoms with Crippen LogP contribution >= 0.6 is 0 Å². The molecule has 136 valence electrons. The fourth-order valence-corrected chi connectivity index (χ4v) is 4.86. The van der Waals surface area contributed by atoms with Crippen LogP contribution in [0.4, 0.5) is 4.79 Å². The van der Waals surface area contributed by atoms with Gasteiger partial charge in [-0.25, -0.2) is 13.2 Å². The van der Waals surface area contributed by atoms with Crippen molar-refractivity contribution in [2.24, 2.45) is 0 Å². The summed E-state index contributed by atoms with van der Waals surface area (Å²) in [6.07, 6.45) is 0.304. The molecule has 1 aromatic carbocycles. The van der Waals surface area contributed by atoms with Gasteiger partial charge in [0, 0.05) is 0 Å². The molecule has 1 N–H and O–H groups in total. The topological polar surface area (TPSA) is 83.6 Å². The lowest BCUT2D eigenvalue weighted by Crippen LogP contribution is -2.52.